The van der Waals surface area contributed by atoms with E-state index in [9.17, 15) is 14.9 Å². The smallest absolute Gasteiger partial charge is 0.355 e. The Bertz CT molecular complexity index is 1400. The molecule has 0 saturated heterocycles. The molecular weight excluding hydrogens is 512 g/mol. The maximum absolute atomic E-state index is 13.3. The number of carbonyl (C=O) groups is 1. The summed E-state index contributed by atoms with van der Waals surface area (Å²) in [5.41, 5.74) is 6.45. The monoisotopic (exact) mass is 534 g/mol. The van der Waals surface area contributed by atoms with Crippen molar-refractivity contribution in [2.45, 2.75) is 5.92 Å². The van der Waals surface area contributed by atoms with Crippen molar-refractivity contribution in [3.8, 4) is 11.5 Å². The second-order valence-electron chi connectivity index (χ2n) is 7.86. The molecular formula is C26H23ClN6O5. The minimum absolute atomic E-state index is 0.149. The first-order valence-electron chi connectivity index (χ1n) is 11.3. The Balaban J connectivity index is 1.62. The van der Waals surface area contributed by atoms with Crippen LogP contribution in [0.5, 0.6) is 11.5 Å². The summed E-state index contributed by atoms with van der Waals surface area (Å²) >= 11 is 6.23. The Hall–Kier alpha value is -4.90. The first-order valence-corrected chi connectivity index (χ1v) is 11.6. The minimum atomic E-state index is -0.672. The molecule has 0 bridgehead atoms. The average molecular weight is 535 g/mol. The highest BCUT2D eigenvalue weighted by Gasteiger charge is 2.27. The maximum Gasteiger partial charge on any atom is 0.355 e. The molecule has 0 spiro atoms. The maximum atomic E-state index is 13.3. The van der Waals surface area contributed by atoms with Crippen LogP contribution in [0.25, 0.3) is 0 Å². The third kappa shape index (κ3) is 5.73. The second-order valence-corrected chi connectivity index (χ2v) is 8.26. The van der Waals surface area contributed by atoms with E-state index in [4.69, 9.17) is 21.1 Å². The fraction of sp³-hybridized carbons (Fsp3) is 0.115. The van der Waals surface area contributed by atoms with Crippen LogP contribution in [0.2, 0.25) is 5.02 Å². The number of hydrogen-bond acceptors (Lipinski definition) is 9. The molecule has 0 aliphatic rings. The van der Waals surface area contributed by atoms with E-state index in [2.05, 4.69) is 26.1 Å². The molecule has 4 aromatic rings. The normalized spacial score (nSPS) is 10.5. The van der Waals surface area contributed by atoms with Crippen molar-refractivity contribution in [2.24, 2.45) is 0 Å². The molecule has 0 fully saturated rings. The lowest BCUT2D eigenvalue weighted by Gasteiger charge is -2.18. The van der Waals surface area contributed by atoms with Gasteiger partial charge in [-0.05, 0) is 17.2 Å². The molecule has 0 aliphatic carbocycles. The van der Waals surface area contributed by atoms with Gasteiger partial charge in [-0.3, -0.25) is 25.8 Å². The lowest BCUT2D eigenvalue weighted by molar-refractivity contribution is -0.383. The molecule has 0 atom stereocenters. The number of benzene rings is 3. The van der Waals surface area contributed by atoms with Crippen LogP contribution in [0.3, 0.4) is 0 Å². The molecule has 12 heteroatoms. The number of anilines is 3. The molecule has 1 aromatic heterocycles. The molecule has 1 heterocycles. The van der Waals surface area contributed by atoms with E-state index in [1.807, 2.05) is 60.7 Å². The van der Waals surface area contributed by atoms with Crippen molar-refractivity contribution in [2.75, 3.05) is 25.0 Å². The molecule has 0 radical (unpaired) electrons. The van der Waals surface area contributed by atoms with Crippen LogP contribution in [0.1, 0.15) is 17.0 Å². The number of rotatable bonds is 10. The summed E-state index contributed by atoms with van der Waals surface area (Å²) in [6, 6.07) is 21.4. The van der Waals surface area contributed by atoms with Crippen molar-refractivity contribution >= 4 is 40.5 Å². The van der Waals surface area contributed by atoms with Gasteiger partial charge in [0.1, 0.15) is 17.8 Å². The Kier molecular flexibility index (Phi) is 8.19. The Labute approximate surface area is 222 Å². The van der Waals surface area contributed by atoms with E-state index in [1.54, 1.807) is 0 Å². The third-order valence-corrected chi connectivity index (χ3v) is 5.86. The van der Waals surface area contributed by atoms with Crippen LogP contribution in [0.15, 0.2) is 79.1 Å². The first-order chi connectivity index (χ1) is 18.4. The van der Waals surface area contributed by atoms with E-state index < -0.39 is 22.4 Å². The van der Waals surface area contributed by atoms with Gasteiger partial charge in [0.25, 0.3) is 0 Å². The van der Waals surface area contributed by atoms with Gasteiger partial charge < -0.3 is 14.8 Å². The van der Waals surface area contributed by atoms with Gasteiger partial charge in [-0.2, -0.15) is 0 Å². The number of amides is 1. The molecule has 0 saturated carbocycles. The third-order valence-electron chi connectivity index (χ3n) is 5.56. The summed E-state index contributed by atoms with van der Waals surface area (Å²) < 4.78 is 10.5. The van der Waals surface area contributed by atoms with Gasteiger partial charge in [-0.25, -0.2) is 9.97 Å². The fourth-order valence-electron chi connectivity index (χ4n) is 3.80. The van der Waals surface area contributed by atoms with Crippen molar-refractivity contribution in [1.82, 2.24) is 15.4 Å². The van der Waals surface area contributed by atoms with Crippen LogP contribution in [-0.4, -0.2) is 35.0 Å². The molecule has 0 aliphatic heterocycles. The molecule has 1 amide bonds. The Morgan fingerprint density at radius 3 is 2.05 bits per heavy atom. The SMILES string of the molecule is COc1cc(OC)c(Nc2ncnc(NNC(=O)C(c3ccccc3)c3ccccc3)c2[N+](=O)[O-])cc1Cl. The number of nitro groups is 1. The molecule has 194 valence electrons. The van der Waals surface area contributed by atoms with Crippen molar-refractivity contribution in [3.63, 3.8) is 0 Å². The van der Waals surface area contributed by atoms with Crippen LogP contribution in [-0.2, 0) is 4.79 Å². The number of nitrogens with one attached hydrogen (secondary N) is 3. The summed E-state index contributed by atoms with van der Waals surface area (Å²) in [6.45, 7) is 0. The standard InChI is InChI=1S/C26H23ClN6O5/c1-37-20-14-21(38-2)19(13-18(20)27)30-24-23(33(35)36)25(29-15-28-24)31-32-26(34)22(16-9-5-3-6-10-16)17-11-7-4-8-12-17/h3-15,22H,1-2H3,(H,32,34)(H2,28,29,30,31). The van der Waals surface area contributed by atoms with Gasteiger partial charge in [0.2, 0.25) is 17.5 Å². The number of carbonyl (C=O) groups excluding carboxylic acids is 1. The Morgan fingerprint density at radius 2 is 1.50 bits per heavy atom. The summed E-state index contributed by atoms with van der Waals surface area (Å²) in [5.74, 6) is -0.802. The van der Waals surface area contributed by atoms with Gasteiger partial charge in [0.05, 0.1) is 35.8 Å². The molecule has 3 N–H and O–H groups in total. The molecule has 4 rings (SSSR count). The molecule has 3 aromatic carbocycles. The summed E-state index contributed by atoms with van der Waals surface area (Å²) in [5, 5.41) is 15.1. The van der Waals surface area contributed by atoms with Gasteiger partial charge in [0, 0.05) is 6.07 Å². The zero-order valence-corrected chi connectivity index (χ0v) is 21.1. The van der Waals surface area contributed by atoms with E-state index in [-0.39, 0.29) is 16.7 Å². The highest BCUT2D eigenvalue weighted by molar-refractivity contribution is 6.32. The first kappa shape index (κ1) is 26.2. The van der Waals surface area contributed by atoms with Crippen LogP contribution < -0.4 is 25.6 Å². The van der Waals surface area contributed by atoms with Gasteiger partial charge >= 0.3 is 5.69 Å². The summed E-state index contributed by atoms with van der Waals surface area (Å²) in [6.07, 6.45) is 1.12. The van der Waals surface area contributed by atoms with E-state index in [1.165, 1.54) is 26.4 Å². The average Bonchev–Trinajstić information content (AvgIpc) is 2.93. The number of hydrogen-bond donors (Lipinski definition) is 3. The lowest BCUT2D eigenvalue weighted by atomic mass is 9.91. The minimum Gasteiger partial charge on any atom is -0.495 e. The van der Waals surface area contributed by atoms with Gasteiger partial charge in [0.15, 0.2) is 0 Å². The lowest BCUT2D eigenvalue weighted by Crippen LogP contribution is -2.35. The van der Waals surface area contributed by atoms with Crippen LogP contribution in [0, 0.1) is 10.1 Å². The van der Waals surface area contributed by atoms with Crippen molar-refractivity contribution < 1.29 is 19.2 Å². The number of ether oxygens (including phenoxy) is 2. The topological polar surface area (TPSA) is 141 Å². The highest BCUT2D eigenvalue weighted by Crippen LogP contribution is 2.39. The summed E-state index contributed by atoms with van der Waals surface area (Å²) in [7, 11) is 2.88. The number of hydrazine groups is 1. The van der Waals surface area contributed by atoms with Crippen molar-refractivity contribution in [1.29, 1.82) is 0 Å². The summed E-state index contributed by atoms with van der Waals surface area (Å²) in [4.78, 5) is 32.7. The van der Waals surface area contributed by atoms with E-state index in [0.29, 0.717) is 17.2 Å². The second kappa shape index (κ2) is 11.9. The predicted octanol–water partition coefficient (Wildman–Crippen LogP) is 5.07. The number of halogens is 1. The molecule has 11 nitrogen and oxygen atoms in total. The van der Waals surface area contributed by atoms with E-state index >= 15 is 0 Å². The Morgan fingerprint density at radius 1 is 0.921 bits per heavy atom. The number of methoxy groups -OCH3 is 2. The zero-order valence-electron chi connectivity index (χ0n) is 20.3. The number of nitrogens with zero attached hydrogens (tertiary/aromatic N) is 3. The van der Waals surface area contributed by atoms with Crippen LogP contribution >= 0.6 is 11.6 Å². The van der Waals surface area contributed by atoms with Crippen LogP contribution in [0.4, 0.5) is 23.0 Å². The molecule has 0 unspecified atom stereocenters. The van der Waals surface area contributed by atoms with Crippen molar-refractivity contribution in [3.05, 3.63) is 105 Å². The quantitative estimate of drug-likeness (QED) is 0.188. The van der Waals surface area contributed by atoms with Gasteiger partial charge in [-0.1, -0.05) is 72.3 Å². The van der Waals surface area contributed by atoms with E-state index in [0.717, 1.165) is 17.5 Å². The fourth-order valence-corrected chi connectivity index (χ4v) is 4.04. The molecule has 38 heavy (non-hydrogen) atoms. The van der Waals surface area contributed by atoms with Gasteiger partial charge in [-0.15, -0.1) is 0 Å². The zero-order chi connectivity index (χ0) is 27.1. The highest BCUT2D eigenvalue weighted by atomic mass is 35.5. The number of aromatic nitrogens is 2. The largest absolute Gasteiger partial charge is 0.495 e. The predicted molar refractivity (Wildman–Crippen MR) is 143 cm³/mol.